The number of allylic oxidation sites excluding steroid dienone is 3. The topological polar surface area (TPSA) is 0 Å². The summed E-state index contributed by atoms with van der Waals surface area (Å²) in [5.74, 6) is 0. The van der Waals surface area contributed by atoms with Gasteiger partial charge < -0.3 is 0 Å². The summed E-state index contributed by atoms with van der Waals surface area (Å²) in [6.45, 7) is 5.61. The molecule has 0 atom stereocenters. The summed E-state index contributed by atoms with van der Waals surface area (Å²) in [4.78, 5) is 0. The Labute approximate surface area is 58.1 Å². The van der Waals surface area contributed by atoms with Crippen molar-refractivity contribution in [1.29, 1.82) is 0 Å². The summed E-state index contributed by atoms with van der Waals surface area (Å²) < 4.78 is 0. The number of hydrogen-bond acceptors (Lipinski definition) is 0. The first-order valence-corrected chi connectivity index (χ1v) is 2.19. The van der Waals surface area contributed by atoms with E-state index in [1.807, 2.05) is 6.08 Å². The van der Waals surface area contributed by atoms with E-state index in [0.29, 0.717) is 0 Å². The molecule has 7 heavy (non-hydrogen) atoms. The molecule has 0 aromatic heterocycles. The van der Waals surface area contributed by atoms with Crippen molar-refractivity contribution in [2.75, 3.05) is 0 Å². The van der Waals surface area contributed by atoms with E-state index in [4.69, 9.17) is 0 Å². The summed E-state index contributed by atoms with van der Waals surface area (Å²) >= 11 is 0. The van der Waals surface area contributed by atoms with Gasteiger partial charge in [0.1, 0.15) is 0 Å². The van der Waals surface area contributed by atoms with Crippen molar-refractivity contribution in [3.05, 3.63) is 24.8 Å². The minimum Gasteiger partial charge on any atom is -0.0991 e. The van der Waals surface area contributed by atoms with Crippen LogP contribution in [-0.2, 0) is 19.5 Å². The van der Waals surface area contributed by atoms with Gasteiger partial charge in [-0.1, -0.05) is 31.7 Å². The van der Waals surface area contributed by atoms with Crippen molar-refractivity contribution in [2.45, 2.75) is 13.3 Å². The molecule has 0 N–H and O–H groups in total. The predicted octanol–water partition coefficient (Wildman–Crippen LogP) is 2.14. The maximum Gasteiger partial charge on any atom is 0 e. The van der Waals surface area contributed by atoms with E-state index in [9.17, 15) is 0 Å². The molecule has 0 fully saturated rings. The SMILES string of the molecule is C=CC=CCC.[Rh]. The zero-order valence-corrected chi connectivity index (χ0v) is 6.12. The van der Waals surface area contributed by atoms with Gasteiger partial charge in [0.05, 0.1) is 0 Å². The average Bonchev–Trinajstić information content (AvgIpc) is 1.61. The van der Waals surface area contributed by atoms with Gasteiger partial charge in [0.25, 0.3) is 0 Å². The summed E-state index contributed by atoms with van der Waals surface area (Å²) in [5.41, 5.74) is 0. The van der Waals surface area contributed by atoms with Crippen molar-refractivity contribution in [3.8, 4) is 0 Å². The Morgan fingerprint density at radius 1 is 1.57 bits per heavy atom. The van der Waals surface area contributed by atoms with Crippen LogP contribution in [0.25, 0.3) is 0 Å². The van der Waals surface area contributed by atoms with E-state index in [-0.39, 0.29) is 19.5 Å². The molecule has 1 heteroatoms. The van der Waals surface area contributed by atoms with Gasteiger partial charge >= 0.3 is 0 Å². The zero-order valence-electron chi connectivity index (χ0n) is 4.48. The molecular formula is C6H10Rh. The molecule has 0 aliphatic carbocycles. The normalized spacial score (nSPS) is 8.14. The van der Waals surface area contributed by atoms with Crippen LogP contribution in [0.4, 0.5) is 0 Å². The molecule has 0 unspecified atom stereocenters. The maximum absolute atomic E-state index is 3.51. The third-order valence-corrected chi connectivity index (χ3v) is 0.508. The van der Waals surface area contributed by atoms with Crippen LogP contribution in [0.5, 0.6) is 0 Å². The van der Waals surface area contributed by atoms with Gasteiger partial charge in [-0.25, -0.2) is 0 Å². The van der Waals surface area contributed by atoms with Crippen molar-refractivity contribution in [2.24, 2.45) is 0 Å². The fourth-order valence-corrected chi connectivity index (χ4v) is 0.232. The Balaban J connectivity index is 0. The molecule has 0 spiro atoms. The average molecular weight is 185 g/mol. The molecule has 0 heterocycles. The Kier molecular flexibility index (Phi) is 13.7. The molecular weight excluding hydrogens is 175 g/mol. The maximum atomic E-state index is 3.51. The van der Waals surface area contributed by atoms with Gasteiger partial charge in [0, 0.05) is 19.5 Å². The van der Waals surface area contributed by atoms with Crippen LogP contribution in [0, 0.1) is 0 Å². The van der Waals surface area contributed by atoms with E-state index in [1.165, 1.54) is 0 Å². The van der Waals surface area contributed by atoms with Crippen molar-refractivity contribution >= 4 is 0 Å². The molecule has 0 rings (SSSR count). The summed E-state index contributed by atoms with van der Waals surface area (Å²) in [6.07, 6.45) is 6.89. The van der Waals surface area contributed by atoms with E-state index >= 15 is 0 Å². The monoisotopic (exact) mass is 185 g/mol. The largest absolute Gasteiger partial charge is 0.0991 e. The van der Waals surface area contributed by atoms with Crippen LogP contribution in [0.15, 0.2) is 24.8 Å². The molecule has 43 valence electrons. The Bertz CT molecular complexity index is 55.2. The second-order valence-electron chi connectivity index (χ2n) is 1.07. The second kappa shape index (κ2) is 9.44. The minimum absolute atomic E-state index is 0. The molecule has 0 saturated carbocycles. The van der Waals surface area contributed by atoms with Gasteiger partial charge in [-0.2, -0.15) is 0 Å². The van der Waals surface area contributed by atoms with E-state index in [0.717, 1.165) is 6.42 Å². The summed E-state index contributed by atoms with van der Waals surface area (Å²) in [7, 11) is 0. The second-order valence-corrected chi connectivity index (χ2v) is 1.07. The Morgan fingerprint density at radius 2 is 2.14 bits per heavy atom. The molecule has 1 radical (unpaired) electrons. The molecule has 0 nitrogen and oxygen atoms in total. The van der Waals surface area contributed by atoms with Crippen LogP contribution >= 0.6 is 0 Å². The van der Waals surface area contributed by atoms with Crippen LogP contribution in [-0.4, -0.2) is 0 Å². The van der Waals surface area contributed by atoms with Crippen molar-refractivity contribution < 1.29 is 19.5 Å². The summed E-state index contributed by atoms with van der Waals surface area (Å²) in [5, 5.41) is 0. The number of hydrogen-bond donors (Lipinski definition) is 0. The van der Waals surface area contributed by atoms with Gasteiger partial charge in [-0.05, 0) is 6.42 Å². The number of rotatable bonds is 2. The molecule has 0 aliphatic rings. The Morgan fingerprint density at radius 3 is 2.29 bits per heavy atom. The fourth-order valence-electron chi connectivity index (χ4n) is 0.232. The van der Waals surface area contributed by atoms with E-state index in [1.54, 1.807) is 6.08 Å². The van der Waals surface area contributed by atoms with E-state index in [2.05, 4.69) is 19.6 Å². The van der Waals surface area contributed by atoms with Crippen LogP contribution in [0.3, 0.4) is 0 Å². The van der Waals surface area contributed by atoms with Gasteiger partial charge in [-0.15, -0.1) is 0 Å². The van der Waals surface area contributed by atoms with Gasteiger partial charge in [-0.3, -0.25) is 0 Å². The van der Waals surface area contributed by atoms with Crippen LogP contribution in [0.1, 0.15) is 13.3 Å². The van der Waals surface area contributed by atoms with E-state index < -0.39 is 0 Å². The van der Waals surface area contributed by atoms with Gasteiger partial charge in [0.2, 0.25) is 0 Å². The first kappa shape index (κ1) is 10.2. The van der Waals surface area contributed by atoms with Crippen molar-refractivity contribution in [3.63, 3.8) is 0 Å². The molecule has 0 aromatic rings. The first-order valence-electron chi connectivity index (χ1n) is 2.19. The Hall–Kier alpha value is 0.103. The molecule has 0 aromatic carbocycles. The smallest absolute Gasteiger partial charge is 0 e. The van der Waals surface area contributed by atoms with Crippen molar-refractivity contribution in [1.82, 2.24) is 0 Å². The third kappa shape index (κ3) is 10.7. The molecule has 0 aliphatic heterocycles. The third-order valence-electron chi connectivity index (χ3n) is 0.508. The van der Waals surface area contributed by atoms with Gasteiger partial charge in [0.15, 0.2) is 0 Å². The first-order chi connectivity index (χ1) is 2.91. The molecule has 0 bridgehead atoms. The van der Waals surface area contributed by atoms with Crippen LogP contribution < -0.4 is 0 Å². The van der Waals surface area contributed by atoms with Crippen LogP contribution in [0.2, 0.25) is 0 Å². The molecule has 0 saturated heterocycles. The standard InChI is InChI=1S/C6H10.Rh/c1-3-5-6-4-2;/h3,5-6H,1,4H2,2H3;. The predicted molar refractivity (Wildman–Crippen MR) is 29.6 cm³/mol. The molecule has 0 amide bonds. The zero-order chi connectivity index (χ0) is 4.83. The quantitative estimate of drug-likeness (QED) is 0.456. The summed E-state index contributed by atoms with van der Waals surface area (Å²) in [6, 6.07) is 0. The fraction of sp³-hybridized carbons (Fsp3) is 0.333. The minimum atomic E-state index is 0.